The van der Waals surface area contributed by atoms with Crippen molar-refractivity contribution in [1.82, 2.24) is 0 Å². The Balaban J connectivity index is 1.99. The van der Waals surface area contributed by atoms with Crippen LogP contribution in [0.5, 0.6) is 11.5 Å². The van der Waals surface area contributed by atoms with Crippen molar-refractivity contribution in [3.05, 3.63) is 65.7 Å². The maximum Gasteiger partial charge on any atom is 0.118 e. The van der Waals surface area contributed by atoms with E-state index in [9.17, 15) is 0 Å². The Morgan fingerprint density at radius 1 is 0.800 bits per heavy atom. The highest BCUT2D eigenvalue weighted by atomic mass is 16.5. The highest BCUT2D eigenvalue weighted by Gasteiger charge is 1.90. The first-order valence-corrected chi connectivity index (χ1v) is 6.28. The van der Waals surface area contributed by atoms with E-state index in [1.165, 1.54) is 0 Å². The predicted molar refractivity (Wildman–Crippen MR) is 81.9 cm³/mol. The van der Waals surface area contributed by atoms with Crippen molar-refractivity contribution in [1.29, 1.82) is 0 Å². The fraction of sp³-hybridized carbons (Fsp3) is 0.111. The first-order chi connectivity index (χ1) is 9.81. The van der Waals surface area contributed by atoms with Crippen molar-refractivity contribution in [2.24, 2.45) is 0 Å². The van der Waals surface area contributed by atoms with Gasteiger partial charge in [0.05, 0.1) is 14.2 Å². The molecule has 2 nitrogen and oxygen atoms in total. The summed E-state index contributed by atoms with van der Waals surface area (Å²) in [6.45, 7) is 0. The van der Waals surface area contributed by atoms with Crippen molar-refractivity contribution < 1.29 is 9.47 Å². The third kappa shape index (κ3) is 3.93. The molecule has 2 aromatic rings. The lowest BCUT2D eigenvalue weighted by molar-refractivity contribution is 0.414. The lowest BCUT2D eigenvalue weighted by Gasteiger charge is -1.98. The zero-order chi connectivity index (χ0) is 14.2. The number of rotatable bonds is 3. The summed E-state index contributed by atoms with van der Waals surface area (Å²) in [6.07, 6.45) is 3.81. The number of ether oxygens (including phenoxy) is 2. The second-order valence-corrected chi connectivity index (χ2v) is 4.10. The molecule has 0 atom stereocenters. The number of methoxy groups -OCH3 is 2. The Morgan fingerprint density at radius 3 is 1.90 bits per heavy atom. The van der Waals surface area contributed by atoms with Crippen LogP contribution in [0.4, 0.5) is 0 Å². The summed E-state index contributed by atoms with van der Waals surface area (Å²) in [4.78, 5) is 0. The van der Waals surface area contributed by atoms with E-state index < -0.39 is 0 Å². The molecular formula is C18H16O2. The van der Waals surface area contributed by atoms with Crippen LogP contribution >= 0.6 is 0 Å². The second-order valence-electron chi connectivity index (χ2n) is 4.10. The minimum absolute atomic E-state index is 0.837. The van der Waals surface area contributed by atoms with Crippen molar-refractivity contribution in [3.63, 3.8) is 0 Å². The molecule has 0 bridgehead atoms. The van der Waals surface area contributed by atoms with E-state index in [4.69, 9.17) is 9.47 Å². The van der Waals surface area contributed by atoms with Crippen molar-refractivity contribution in [2.75, 3.05) is 14.2 Å². The van der Waals surface area contributed by atoms with Gasteiger partial charge in [-0.15, -0.1) is 0 Å². The van der Waals surface area contributed by atoms with E-state index in [-0.39, 0.29) is 0 Å². The normalized spacial score (nSPS) is 9.90. The first kappa shape index (κ1) is 13.8. The summed E-state index contributed by atoms with van der Waals surface area (Å²) in [6, 6.07) is 15.5. The Kier molecular flexibility index (Phi) is 4.86. The fourth-order valence-corrected chi connectivity index (χ4v) is 1.65. The summed E-state index contributed by atoms with van der Waals surface area (Å²) in [5.41, 5.74) is 2.06. The van der Waals surface area contributed by atoms with E-state index in [1.54, 1.807) is 14.2 Å². The molecule has 0 N–H and O–H groups in total. The van der Waals surface area contributed by atoms with Crippen molar-refractivity contribution in [2.45, 2.75) is 0 Å². The number of hydrogen-bond acceptors (Lipinski definition) is 2. The van der Waals surface area contributed by atoms with Gasteiger partial charge < -0.3 is 9.47 Å². The summed E-state index contributed by atoms with van der Waals surface area (Å²) in [7, 11) is 3.31. The molecule has 0 saturated heterocycles. The minimum atomic E-state index is 0.837. The van der Waals surface area contributed by atoms with Gasteiger partial charge in [0, 0.05) is 5.56 Å². The Morgan fingerprint density at radius 2 is 1.35 bits per heavy atom. The van der Waals surface area contributed by atoms with Crippen LogP contribution in [0.2, 0.25) is 0 Å². The molecule has 0 amide bonds. The van der Waals surface area contributed by atoms with Crippen LogP contribution in [0.25, 0.3) is 6.08 Å². The van der Waals surface area contributed by atoms with Crippen molar-refractivity contribution in [3.8, 4) is 23.3 Å². The summed E-state index contributed by atoms with van der Waals surface area (Å²) < 4.78 is 10.2. The summed E-state index contributed by atoms with van der Waals surface area (Å²) in [5, 5.41) is 0. The zero-order valence-electron chi connectivity index (χ0n) is 11.6. The van der Waals surface area contributed by atoms with Gasteiger partial charge in [-0.05, 0) is 54.1 Å². The largest absolute Gasteiger partial charge is 0.497 e. The fourth-order valence-electron chi connectivity index (χ4n) is 1.65. The van der Waals surface area contributed by atoms with Crippen LogP contribution in [0.1, 0.15) is 11.1 Å². The van der Waals surface area contributed by atoms with E-state index in [1.807, 2.05) is 60.7 Å². The molecule has 0 aliphatic heterocycles. The van der Waals surface area contributed by atoms with Gasteiger partial charge in [-0.2, -0.15) is 0 Å². The van der Waals surface area contributed by atoms with Crippen LogP contribution in [-0.4, -0.2) is 14.2 Å². The molecule has 0 radical (unpaired) electrons. The molecular weight excluding hydrogens is 248 g/mol. The maximum atomic E-state index is 5.11. The van der Waals surface area contributed by atoms with Gasteiger partial charge in [-0.3, -0.25) is 0 Å². The zero-order valence-corrected chi connectivity index (χ0v) is 11.6. The van der Waals surface area contributed by atoms with Crippen LogP contribution in [0.15, 0.2) is 54.6 Å². The summed E-state index contributed by atoms with van der Waals surface area (Å²) in [5.74, 6) is 7.78. The average Bonchev–Trinajstić information content (AvgIpc) is 2.53. The number of hydrogen-bond donors (Lipinski definition) is 0. The third-order valence-corrected chi connectivity index (χ3v) is 2.78. The van der Waals surface area contributed by atoms with Crippen LogP contribution in [-0.2, 0) is 0 Å². The molecule has 2 rings (SSSR count). The second kappa shape index (κ2) is 7.06. The average molecular weight is 264 g/mol. The van der Waals surface area contributed by atoms with E-state index in [2.05, 4.69) is 11.8 Å². The van der Waals surface area contributed by atoms with Gasteiger partial charge in [0.2, 0.25) is 0 Å². The molecule has 0 aliphatic carbocycles. The molecule has 0 fully saturated rings. The monoisotopic (exact) mass is 264 g/mol. The molecule has 0 saturated carbocycles. The Labute approximate surface area is 119 Å². The topological polar surface area (TPSA) is 18.5 Å². The molecule has 2 heteroatoms. The maximum absolute atomic E-state index is 5.11. The van der Waals surface area contributed by atoms with Gasteiger partial charge in [0.15, 0.2) is 0 Å². The molecule has 0 spiro atoms. The molecule has 2 aromatic carbocycles. The minimum Gasteiger partial charge on any atom is -0.497 e. The Bertz CT molecular complexity index is 626. The van der Waals surface area contributed by atoms with E-state index in [0.29, 0.717) is 0 Å². The van der Waals surface area contributed by atoms with Gasteiger partial charge >= 0.3 is 0 Å². The molecule has 100 valence electrons. The lowest BCUT2D eigenvalue weighted by Crippen LogP contribution is -1.81. The molecule has 0 aromatic heterocycles. The van der Waals surface area contributed by atoms with Gasteiger partial charge in [-0.1, -0.05) is 24.0 Å². The number of allylic oxidation sites excluding steroid dienone is 1. The third-order valence-electron chi connectivity index (χ3n) is 2.78. The molecule has 0 heterocycles. The SMILES string of the molecule is COc1ccc(C#C/C=C/c2ccc(OC)cc2)cc1. The number of benzene rings is 2. The molecule has 20 heavy (non-hydrogen) atoms. The smallest absolute Gasteiger partial charge is 0.118 e. The summed E-state index contributed by atoms with van der Waals surface area (Å²) >= 11 is 0. The predicted octanol–water partition coefficient (Wildman–Crippen LogP) is 3.77. The van der Waals surface area contributed by atoms with Gasteiger partial charge in [0.25, 0.3) is 0 Å². The lowest BCUT2D eigenvalue weighted by atomic mass is 10.2. The highest BCUT2D eigenvalue weighted by Crippen LogP contribution is 2.12. The molecule has 0 unspecified atom stereocenters. The highest BCUT2D eigenvalue weighted by molar-refractivity contribution is 5.54. The van der Waals surface area contributed by atoms with Crippen LogP contribution in [0, 0.1) is 11.8 Å². The Hall–Kier alpha value is -2.66. The molecule has 0 aliphatic rings. The van der Waals surface area contributed by atoms with Crippen LogP contribution < -0.4 is 9.47 Å². The quantitative estimate of drug-likeness (QED) is 0.786. The van der Waals surface area contributed by atoms with Gasteiger partial charge in [-0.25, -0.2) is 0 Å². The van der Waals surface area contributed by atoms with Crippen molar-refractivity contribution >= 4 is 6.08 Å². The standard InChI is InChI=1S/C18H16O2/c1-19-17-11-7-15(8-12-17)5-3-4-6-16-9-13-18(20-2)14-10-16/h3,5,7-14H,1-2H3/b5-3+. The van der Waals surface area contributed by atoms with Gasteiger partial charge in [0.1, 0.15) is 11.5 Å². The van der Waals surface area contributed by atoms with E-state index in [0.717, 1.165) is 22.6 Å². The van der Waals surface area contributed by atoms with E-state index >= 15 is 0 Å². The first-order valence-electron chi connectivity index (χ1n) is 6.28. The van der Waals surface area contributed by atoms with Crippen LogP contribution in [0.3, 0.4) is 0 Å².